The minimum atomic E-state index is -2.31. The van der Waals surface area contributed by atoms with E-state index >= 15 is 0 Å². The summed E-state index contributed by atoms with van der Waals surface area (Å²) in [6.45, 7) is 18.3. The van der Waals surface area contributed by atoms with Crippen molar-refractivity contribution in [1.29, 1.82) is 0 Å². The van der Waals surface area contributed by atoms with Crippen LogP contribution in [0.3, 0.4) is 0 Å². The van der Waals surface area contributed by atoms with Gasteiger partial charge in [0.05, 0.1) is 0 Å². The minimum absolute atomic E-state index is 0.0238. The average molecular weight is 503 g/mol. The summed E-state index contributed by atoms with van der Waals surface area (Å²) in [4.78, 5) is 11.3. The molecule has 0 saturated carbocycles. The van der Waals surface area contributed by atoms with E-state index in [2.05, 4.69) is 64.8 Å². The summed E-state index contributed by atoms with van der Waals surface area (Å²) in [5, 5.41) is 0.176. The third-order valence-electron chi connectivity index (χ3n) is 6.33. The van der Waals surface area contributed by atoms with Crippen molar-refractivity contribution in [2.75, 3.05) is 0 Å². The van der Waals surface area contributed by atoms with Crippen LogP contribution < -0.4 is 0 Å². The predicted molar refractivity (Wildman–Crippen MR) is 127 cm³/mol. The van der Waals surface area contributed by atoms with Crippen LogP contribution in [-0.2, 0) is 9.22 Å². The molecule has 0 saturated heterocycles. The molecule has 0 aliphatic rings. The summed E-state index contributed by atoms with van der Waals surface area (Å²) in [5.74, 6) is 0. The second-order valence-electron chi connectivity index (χ2n) is 9.85. The zero-order chi connectivity index (χ0) is 21.0. The van der Waals surface area contributed by atoms with Crippen LogP contribution in [0.1, 0.15) is 86.5 Å². The molecule has 1 atom stereocenters. The van der Waals surface area contributed by atoms with E-state index in [9.17, 15) is 4.79 Å². The van der Waals surface area contributed by atoms with Crippen molar-refractivity contribution >= 4 is 33.0 Å². The van der Waals surface area contributed by atoms with Gasteiger partial charge in [-0.2, -0.15) is 0 Å². The van der Waals surface area contributed by atoms with Crippen LogP contribution in [0.25, 0.3) is 0 Å². The average Bonchev–Trinajstić information content (AvgIpc) is 2.59. The van der Waals surface area contributed by atoms with Gasteiger partial charge in [0.25, 0.3) is 0 Å². The van der Waals surface area contributed by atoms with Gasteiger partial charge >= 0.3 is 176 Å². The fourth-order valence-electron chi connectivity index (χ4n) is 3.34. The van der Waals surface area contributed by atoms with E-state index in [1.54, 1.807) is 0 Å². The van der Waals surface area contributed by atoms with Crippen molar-refractivity contribution in [2.24, 2.45) is 0 Å². The number of unbranched alkanes of at least 4 members (excludes halogenated alkanes) is 3. The van der Waals surface area contributed by atoms with E-state index < -0.39 is 26.7 Å². The molecule has 27 heavy (non-hydrogen) atoms. The predicted octanol–water partition coefficient (Wildman–Crippen LogP) is 7.91. The Morgan fingerprint density at radius 1 is 0.926 bits per heavy atom. The van der Waals surface area contributed by atoms with Crippen LogP contribution in [0.5, 0.6) is 0 Å². The van der Waals surface area contributed by atoms with Gasteiger partial charge in [0.15, 0.2) is 0 Å². The quantitative estimate of drug-likeness (QED) is 0.168. The molecular formula is C23H48O2SiSn. The second-order valence-corrected chi connectivity index (χ2v) is 27.6. The van der Waals surface area contributed by atoms with Gasteiger partial charge in [-0.25, -0.2) is 0 Å². The third-order valence-corrected chi connectivity index (χ3v) is 25.0. The van der Waals surface area contributed by atoms with Crippen molar-refractivity contribution in [3.63, 3.8) is 0 Å². The second kappa shape index (κ2) is 13.6. The van der Waals surface area contributed by atoms with Gasteiger partial charge in [0.2, 0.25) is 0 Å². The molecule has 0 rings (SSSR count). The van der Waals surface area contributed by atoms with E-state index in [1.165, 1.54) is 51.8 Å². The molecule has 0 N–H and O–H groups in total. The van der Waals surface area contributed by atoms with E-state index in [0.29, 0.717) is 6.42 Å². The molecule has 0 amide bonds. The Labute approximate surface area is 175 Å². The monoisotopic (exact) mass is 504 g/mol. The first-order valence-corrected chi connectivity index (χ1v) is 22.0. The summed E-state index contributed by atoms with van der Waals surface area (Å²) in [7, 11) is -1.86. The number of rotatable bonds is 15. The van der Waals surface area contributed by atoms with Crippen molar-refractivity contribution < 1.29 is 9.22 Å². The molecule has 0 heterocycles. The number of carbonyl (C=O) groups excluding carboxylic acids is 1. The normalized spacial score (nSPS) is 14.7. The van der Waals surface area contributed by atoms with Crippen LogP contribution in [0.4, 0.5) is 0 Å². The molecule has 0 radical (unpaired) electrons. The molecule has 2 nitrogen and oxygen atoms in total. The van der Waals surface area contributed by atoms with Gasteiger partial charge < -0.3 is 0 Å². The molecule has 160 valence electrons. The van der Waals surface area contributed by atoms with Gasteiger partial charge in [0, 0.05) is 0 Å². The van der Waals surface area contributed by atoms with Crippen LogP contribution in [-0.4, -0.2) is 39.1 Å². The maximum absolute atomic E-state index is 11.3. The zero-order valence-electron chi connectivity index (χ0n) is 19.7. The summed E-state index contributed by atoms with van der Waals surface area (Å²) in [5.41, 5.74) is 0. The molecule has 0 spiro atoms. The number of aldehydes is 1. The first-order chi connectivity index (χ1) is 12.6. The van der Waals surface area contributed by atoms with Crippen LogP contribution in [0.2, 0.25) is 31.4 Å². The fourth-order valence-corrected chi connectivity index (χ4v) is 19.0. The number of hydrogen-bond donors (Lipinski definition) is 0. The Hall–Kier alpha value is 0.386. The first-order valence-electron chi connectivity index (χ1n) is 11.4. The molecule has 0 aliphatic carbocycles. The topological polar surface area (TPSA) is 26.3 Å². The summed E-state index contributed by atoms with van der Waals surface area (Å²) >= 11 is -2.31. The van der Waals surface area contributed by atoms with Gasteiger partial charge in [-0.15, -0.1) is 0 Å². The zero-order valence-corrected chi connectivity index (χ0v) is 23.6. The first kappa shape index (κ1) is 27.4. The van der Waals surface area contributed by atoms with Crippen molar-refractivity contribution in [2.45, 2.75) is 124 Å². The summed E-state index contributed by atoms with van der Waals surface area (Å²) < 4.78 is 13.7. The van der Waals surface area contributed by atoms with Crippen LogP contribution >= 0.6 is 0 Å². The van der Waals surface area contributed by atoms with E-state index in [4.69, 9.17) is 4.43 Å². The van der Waals surface area contributed by atoms with E-state index in [-0.39, 0.29) is 11.1 Å². The van der Waals surface area contributed by atoms with Crippen molar-refractivity contribution in [3.05, 3.63) is 10.2 Å². The molecule has 0 bridgehead atoms. The molecule has 0 fully saturated rings. The standard InChI is InChI=1S/C11H21O2Si.3C4H9.Sn/c1-7-10(8-9-12)13-14(5,6)11(2,3)4;3*1-3-4-2;/h1,7,9-10H,8H2,2-6H3;3*1,3-4H2,2H3;/t10-;;;;/m1..../s1. The Morgan fingerprint density at radius 3 is 1.70 bits per heavy atom. The van der Waals surface area contributed by atoms with Crippen molar-refractivity contribution in [3.8, 4) is 0 Å². The summed E-state index contributed by atoms with van der Waals surface area (Å²) in [6, 6.07) is 0. The molecule has 0 aliphatic heterocycles. The Kier molecular flexibility index (Phi) is 13.8. The summed E-state index contributed by atoms with van der Waals surface area (Å²) in [6.07, 6.45) is 11.9. The van der Waals surface area contributed by atoms with Gasteiger partial charge in [0.1, 0.15) is 0 Å². The molecule has 4 heteroatoms. The Morgan fingerprint density at radius 2 is 1.37 bits per heavy atom. The third kappa shape index (κ3) is 10.6. The van der Waals surface area contributed by atoms with Crippen molar-refractivity contribution in [1.82, 2.24) is 0 Å². The maximum atomic E-state index is 11.3. The molecule has 0 aromatic rings. The van der Waals surface area contributed by atoms with E-state index in [1.807, 2.05) is 0 Å². The van der Waals surface area contributed by atoms with Crippen LogP contribution in [0, 0.1) is 0 Å². The van der Waals surface area contributed by atoms with Gasteiger partial charge in [-0.1, -0.05) is 0 Å². The van der Waals surface area contributed by atoms with Crippen LogP contribution in [0.15, 0.2) is 10.2 Å². The number of hydrogen-bond acceptors (Lipinski definition) is 2. The van der Waals surface area contributed by atoms with E-state index in [0.717, 1.165) is 6.29 Å². The van der Waals surface area contributed by atoms with Gasteiger partial charge in [-0.05, 0) is 0 Å². The molecular weight excluding hydrogens is 455 g/mol. The number of carbonyl (C=O) groups is 1. The molecule has 0 unspecified atom stereocenters. The Balaban J connectivity index is 5.53. The Bertz CT molecular complexity index is 405. The fraction of sp³-hybridized carbons (Fsp3) is 0.870. The molecule has 0 aromatic carbocycles. The molecule has 0 aromatic heterocycles. The van der Waals surface area contributed by atoms with Gasteiger partial charge in [-0.3, -0.25) is 0 Å². The SMILES string of the molecule is CCC[CH2][Sn](/[CH]=C/[C@H](CC=O)O[Si](C)(C)C(C)(C)C)([CH2]CCC)[CH2]CCC.